The molecular formula is C22H35IN4O3. The Morgan fingerprint density at radius 1 is 1.17 bits per heavy atom. The molecule has 1 atom stereocenters. The minimum atomic E-state index is -0.472. The van der Waals surface area contributed by atoms with Crippen molar-refractivity contribution >= 4 is 36.0 Å². The van der Waals surface area contributed by atoms with E-state index in [0.29, 0.717) is 19.6 Å². The summed E-state index contributed by atoms with van der Waals surface area (Å²) in [6.45, 7) is 13.6. The SMILES string of the molecule is COc1ccc(C(C)(C)CNC2=NCC3CN(C(=O)OC(C)(C)C)CCN23)cc1.I. The van der Waals surface area contributed by atoms with Crippen LogP contribution in [0.25, 0.3) is 0 Å². The third kappa shape index (κ3) is 5.92. The first-order valence-electron chi connectivity index (χ1n) is 10.3. The van der Waals surface area contributed by atoms with E-state index >= 15 is 0 Å². The van der Waals surface area contributed by atoms with E-state index in [-0.39, 0.29) is 41.5 Å². The van der Waals surface area contributed by atoms with E-state index in [1.165, 1.54) is 5.56 Å². The first-order valence-corrected chi connectivity index (χ1v) is 10.3. The number of carbonyl (C=O) groups is 1. The van der Waals surface area contributed by atoms with E-state index in [1.807, 2.05) is 32.9 Å². The predicted molar refractivity (Wildman–Crippen MR) is 130 cm³/mol. The minimum absolute atomic E-state index is 0. The quantitative estimate of drug-likeness (QED) is 0.605. The van der Waals surface area contributed by atoms with E-state index in [9.17, 15) is 4.79 Å². The van der Waals surface area contributed by atoms with Gasteiger partial charge in [-0.05, 0) is 38.5 Å². The Balaban J connectivity index is 0.00000320. The van der Waals surface area contributed by atoms with Crippen molar-refractivity contribution in [1.82, 2.24) is 15.1 Å². The number of hydrogen-bond donors (Lipinski definition) is 1. The molecule has 0 spiro atoms. The van der Waals surface area contributed by atoms with Gasteiger partial charge in [0.1, 0.15) is 11.4 Å². The van der Waals surface area contributed by atoms with Crippen molar-refractivity contribution in [2.75, 3.05) is 39.8 Å². The molecule has 0 saturated carbocycles. The molecule has 2 aliphatic heterocycles. The van der Waals surface area contributed by atoms with Crippen LogP contribution in [-0.2, 0) is 10.2 Å². The number of nitrogens with one attached hydrogen (secondary N) is 1. The summed E-state index contributed by atoms with van der Waals surface area (Å²) in [5, 5.41) is 3.54. The highest BCUT2D eigenvalue weighted by Gasteiger charge is 2.36. The van der Waals surface area contributed by atoms with Gasteiger partial charge in [0.25, 0.3) is 0 Å². The lowest BCUT2D eigenvalue weighted by atomic mass is 9.84. The fourth-order valence-corrected chi connectivity index (χ4v) is 3.67. The second kappa shape index (κ2) is 9.62. The third-order valence-electron chi connectivity index (χ3n) is 5.42. The fourth-order valence-electron chi connectivity index (χ4n) is 3.67. The van der Waals surface area contributed by atoms with Gasteiger partial charge in [-0.3, -0.25) is 4.99 Å². The number of amides is 1. The highest BCUT2D eigenvalue weighted by atomic mass is 127. The lowest BCUT2D eigenvalue weighted by Crippen LogP contribution is -2.58. The number of halogens is 1. The van der Waals surface area contributed by atoms with Crippen LogP contribution in [0.15, 0.2) is 29.3 Å². The van der Waals surface area contributed by atoms with Gasteiger partial charge in [0.05, 0.1) is 19.7 Å². The second-order valence-corrected chi connectivity index (χ2v) is 9.40. The second-order valence-electron chi connectivity index (χ2n) is 9.40. The van der Waals surface area contributed by atoms with Gasteiger partial charge in [-0.15, -0.1) is 24.0 Å². The highest BCUT2D eigenvalue weighted by Crippen LogP contribution is 2.25. The average molecular weight is 530 g/mol. The van der Waals surface area contributed by atoms with Crippen LogP contribution in [0.5, 0.6) is 5.75 Å². The molecule has 2 aliphatic rings. The number of ether oxygens (including phenoxy) is 2. The summed E-state index contributed by atoms with van der Waals surface area (Å²) >= 11 is 0. The lowest BCUT2D eigenvalue weighted by molar-refractivity contribution is 0.0137. The smallest absolute Gasteiger partial charge is 0.410 e. The summed E-state index contributed by atoms with van der Waals surface area (Å²) in [5.74, 6) is 1.80. The molecule has 0 aromatic heterocycles. The monoisotopic (exact) mass is 530 g/mol. The molecule has 1 fully saturated rings. The van der Waals surface area contributed by atoms with Crippen molar-refractivity contribution < 1.29 is 14.3 Å². The van der Waals surface area contributed by atoms with Gasteiger partial charge < -0.3 is 24.6 Å². The topological polar surface area (TPSA) is 66.4 Å². The molecule has 0 aliphatic carbocycles. The highest BCUT2D eigenvalue weighted by molar-refractivity contribution is 14.0. The van der Waals surface area contributed by atoms with Crippen molar-refractivity contribution in [2.45, 2.75) is 51.7 Å². The molecule has 168 valence electrons. The Labute approximate surface area is 197 Å². The molecule has 8 heteroatoms. The summed E-state index contributed by atoms with van der Waals surface area (Å²) in [6, 6.07) is 8.42. The van der Waals surface area contributed by atoms with E-state index in [4.69, 9.17) is 14.5 Å². The molecule has 1 amide bonds. The van der Waals surface area contributed by atoms with Gasteiger partial charge in [0, 0.05) is 31.6 Å². The maximum absolute atomic E-state index is 12.4. The summed E-state index contributed by atoms with van der Waals surface area (Å²) in [4.78, 5) is 21.2. The zero-order valence-electron chi connectivity index (χ0n) is 18.9. The van der Waals surface area contributed by atoms with Crippen LogP contribution in [0.4, 0.5) is 4.79 Å². The first-order chi connectivity index (χ1) is 13.6. The largest absolute Gasteiger partial charge is 0.497 e. The molecule has 1 aromatic carbocycles. The van der Waals surface area contributed by atoms with Crippen LogP contribution >= 0.6 is 24.0 Å². The van der Waals surface area contributed by atoms with Crippen molar-refractivity contribution in [3.63, 3.8) is 0 Å². The summed E-state index contributed by atoms with van der Waals surface area (Å²) in [7, 11) is 1.68. The Morgan fingerprint density at radius 2 is 1.83 bits per heavy atom. The van der Waals surface area contributed by atoms with E-state index in [0.717, 1.165) is 24.8 Å². The average Bonchev–Trinajstić information content (AvgIpc) is 3.07. The summed E-state index contributed by atoms with van der Waals surface area (Å²) in [5.41, 5.74) is 0.724. The number of piperazine rings is 1. The zero-order valence-corrected chi connectivity index (χ0v) is 21.2. The van der Waals surface area contributed by atoms with Crippen LogP contribution in [0.3, 0.4) is 0 Å². The van der Waals surface area contributed by atoms with Gasteiger partial charge in [0.15, 0.2) is 5.96 Å². The number of nitrogens with zero attached hydrogens (tertiary/aromatic N) is 3. The third-order valence-corrected chi connectivity index (χ3v) is 5.42. The molecule has 2 heterocycles. The minimum Gasteiger partial charge on any atom is -0.497 e. The van der Waals surface area contributed by atoms with Crippen molar-refractivity contribution in [2.24, 2.45) is 4.99 Å². The Morgan fingerprint density at radius 3 is 2.43 bits per heavy atom. The summed E-state index contributed by atoms with van der Waals surface area (Å²) in [6.07, 6.45) is -0.237. The van der Waals surface area contributed by atoms with Crippen molar-refractivity contribution in [1.29, 1.82) is 0 Å². The van der Waals surface area contributed by atoms with Crippen LogP contribution in [-0.4, -0.2) is 73.3 Å². The number of rotatable bonds is 4. The molecule has 30 heavy (non-hydrogen) atoms. The van der Waals surface area contributed by atoms with Gasteiger partial charge in [-0.2, -0.15) is 0 Å². The molecule has 1 aromatic rings. The van der Waals surface area contributed by atoms with E-state index in [1.54, 1.807) is 12.0 Å². The van der Waals surface area contributed by atoms with Crippen LogP contribution in [0, 0.1) is 0 Å². The van der Waals surface area contributed by atoms with Crippen molar-refractivity contribution in [3.05, 3.63) is 29.8 Å². The number of benzene rings is 1. The maximum Gasteiger partial charge on any atom is 0.410 e. The number of fused-ring (bicyclic) bond motifs is 1. The van der Waals surface area contributed by atoms with Gasteiger partial charge in [-0.25, -0.2) is 4.79 Å². The molecule has 1 unspecified atom stereocenters. The molecular weight excluding hydrogens is 495 g/mol. The predicted octanol–water partition coefficient (Wildman–Crippen LogP) is 3.47. The lowest BCUT2D eigenvalue weighted by Gasteiger charge is -2.39. The number of hydrogen-bond acceptors (Lipinski definition) is 6. The Kier molecular flexibility index (Phi) is 7.87. The van der Waals surface area contributed by atoms with Crippen molar-refractivity contribution in [3.8, 4) is 5.75 Å². The molecule has 1 saturated heterocycles. The maximum atomic E-state index is 12.4. The standard InChI is InChI=1S/C22H34N4O3.HI/c1-21(2,3)29-20(27)25-11-12-26-17(14-25)13-23-19(26)24-15-22(4,5)16-7-9-18(28-6)10-8-16;/h7-10,17H,11-15H2,1-6H3,(H,23,24);1H. The number of methoxy groups -OCH3 is 1. The zero-order chi connectivity index (χ0) is 21.2. The molecule has 0 radical (unpaired) electrons. The molecule has 7 nitrogen and oxygen atoms in total. The Bertz CT molecular complexity index is 759. The van der Waals surface area contributed by atoms with Crippen LogP contribution < -0.4 is 10.1 Å². The van der Waals surface area contributed by atoms with Gasteiger partial charge >= 0.3 is 6.09 Å². The normalized spacial score (nSPS) is 18.9. The van der Waals surface area contributed by atoms with Gasteiger partial charge in [-0.1, -0.05) is 26.0 Å². The number of carbonyl (C=O) groups excluding carboxylic acids is 1. The van der Waals surface area contributed by atoms with Gasteiger partial charge in [0.2, 0.25) is 0 Å². The number of guanidine groups is 1. The van der Waals surface area contributed by atoms with Crippen LogP contribution in [0.1, 0.15) is 40.2 Å². The molecule has 1 N–H and O–H groups in total. The van der Waals surface area contributed by atoms with Crippen LogP contribution in [0.2, 0.25) is 0 Å². The molecule has 0 bridgehead atoms. The molecule has 3 rings (SSSR count). The van der Waals surface area contributed by atoms with E-state index in [2.05, 4.69) is 36.2 Å². The Hall–Kier alpha value is -1.71. The van der Waals surface area contributed by atoms with E-state index < -0.39 is 5.60 Å². The summed E-state index contributed by atoms with van der Waals surface area (Å²) < 4.78 is 10.8. The fraction of sp³-hybridized carbons (Fsp3) is 0.636. The first kappa shape index (κ1) is 24.6. The number of aliphatic imine (C=N–C) groups is 1.